The molecule has 0 saturated carbocycles. The van der Waals surface area contributed by atoms with Gasteiger partial charge in [-0.25, -0.2) is 0 Å². The number of hydrogen-bond acceptors (Lipinski definition) is 2. The van der Waals surface area contributed by atoms with Crippen LogP contribution in [0.4, 0.5) is 0 Å². The van der Waals surface area contributed by atoms with Crippen molar-refractivity contribution >= 4 is 0 Å². The number of benzene rings is 2. The summed E-state index contributed by atoms with van der Waals surface area (Å²) >= 11 is 0. The molecule has 3 rings (SSSR count). The van der Waals surface area contributed by atoms with Crippen molar-refractivity contribution in [3.63, 3.8) is 0 Å². The lowest BCUT2D eigenvalue weighted by atomic mass is 9.92. The highest BCUT2D eigenvalue weighted by molar-refractivity contribution is 5.41. The average molecular weight is 267 g/mol. The van der Waals surface area contributed by atoms with E-state index in [1.807, 2.05) is 6.07 Å². The van der Waals surface area contributed by atoms with Crippen LogP contribution in [0.3, 0.4) is 0 Å². The summed E-state index contributed by atoms with van der Waals surface area (Å²) in [7, 11) is 0. The van der Waals surface area contributed by atoms with Gasteiger partial charge in [0.05, 0.1) is 0 Å². The molecule has 0 aliphatic carbocycles. The highest BCUT2D eigenvalue weighted by Crippen LogP contribution is 2.39. The first-order valence-electron chi connectivity index (χ1n) is 7.29. The Labute approximate surface area is 120 Å². The van der Waals surface area contributed by atoms with Crippen molar-refractivity contribution in [3.05, 3.63) is 64.7 Å². The van der Waals surface area contributed by atoms with Crippen LogP contribution in [0, 0.1) is 6.92 Å². The van der Waals surface area contributed by atoms with Crippen LogP contribution < -0.4 is 10.5 Å². The second-order valence-corrected chi connectivity index (χ2v) is 5.59. The van der Waals surface area contributed by atoms with Gasteiger partial charge in [-0.1, -0.05) is 48.9 Å². The lowest BCUT2D eigenvalue weighted by Crippen LogP contribution is -2.24. The van der Waals surface area contributed by atoms with Crippen molar-refractivity contribution in [2.45, 2.75) is 38.8 Å². The van der Waals surface area contributed by atoms with Crippen molar-refractivity contribution < 1.29 is 4.74 Å². The zero-order chi connectivity index (χ0) is 14.1. The third-order valence-corrected chi connectivity index (χ3v) is 4.06. The lowest BCUT2D eigenvalue weighted by molar-refractivity contribution is 0.161. The fraction of sp³-hybridized carbons (Fsp3) is 0.333. The highest BCUT2D eigenvalue weighted by atomic mass is 16.5. The monoisotopic (exact) mass is 267 g/mol. The Hall–Kier alpha value is -1.80. The van der Waals surface area contributed by atoms with Gasteiger partial charge in [0.2, 0.25) is 0 Å². The summed E-state index contributed by atoms with van der Waals surface area (Å²) in [6, 6.07) is 15.0. The maximum Gasteiger partial charge on any atom is 0.126 e. The predicted octanol–water partition coefficient (Wildman–Crippen LogP) is 4.08. The molecular weight excluding hydrogens is 246 g/mol. The van der Waals surface area contributed by atoms with Crippen LogP contribution in [0.25, 0.3) is 0 Å². The van der Waals surface area contributed by atoms with E-state index in [9.17, 15) is 0 Å². The number of ether oxygens (including phenoxy) is 1. The van der Waals surface area contributed by atoms with E-state index in [0.29, 0.717) is 0 Å². The Morgan fingerprint density at radius 1 is 1.15 bits per heavy atom. The van der Waals surface area contributed by atoms with E-state index in [1.54, 1.807) is 0 Å². The quantitative estimate of drug-likeness (QED) is 0.889. The molecule has 0 amide bonds. The summed E-state index contributed by atoms with van der Waals surface area (Å²) in [6.07, 6.45) is 1.96. The van der Waals surface area contributed by atoms with Gasteiger partial charge in [-0.3, -0.25) is 0 Å². The molecule has 0 bridgehead atoms. The summed E-state index contributed by atoms with van der Waals surface area (Å²) in [5.41, 5.74) is 11.2. The number of nitrogens with two attached hydrogens (primary N) is 1. The first kappa shape index (κ1) is 13.2. The molecule has 0 fully saturated rings. The molecule has 1 aliphatic rings. The molecule has 0 spiro atoms. The normalized spacial score (nSPS) is 21.1. The van der Waals surface area contributed by atoms with Crippen LogP contribution in [0.1, 0.15) is 47.7 Å². The lowest BCUT2D eigenvalue weighted by Gasteiger charge is -2.31. The Kier molecular flexibility index (Phi) is 3.49. The van der Waals surface area contributed by atoms with Crippen LogP contribution in [0.15, 0.2) is 42.5 Å². The van der Waals surface area contributed by atoms with Crippen LogP contribution in [-0.2, 0) is 6.42 Å². The summed E-state index contributed by atoms with van der Waals surface area (Å²) in [6.45, 7) is 4.25. The number of aryl methyl sites for hydroxylation is 2. The van der Waals surface area contributed by atoms with E-state index < -0.39 is 0 Å². The molecule has 2 atom stereocenters. The third-order valence-electron chi connectivity index (χ3n) is 4.06. The van der Waals surface area contributed by atoms with Gasteiger partial charge in [0.1, 0.15) is 11.9 Å². The smallest absolute Gasteiger partial charge is 0.126 e. The second kappa shape index (κ2) is 5.29. The van der Waals surface area contributed by atoms with Gasteiger partial charge >= 0.3 is 0 Å². The topological polar surface area (TPSA) is 35.2 Å². The molecule has 1 unspecified atom stereocenters. The second-order valence-electron chi connectivity index (χ2n) is 5.59. The molecular formula is C18H21NO. The summed E-state index contributed by atoms with van der Waals surface area (Å²) < 4.78 is 6.14. The number of fused-ring (bicyclic) bond motifs is 1. The van der Waals surface area contributed by atoms with E-state index >= 15 is 0 Å². The molecule has 2 N–H and O–H groups in total. The molecule has 2 heteroatoms. The van der Waals surface area contributed by atoms with Crippen molar-refractivity contribution in [1.82, 2.24) is 0 Å². The van der Waals surface area contributed by atoms with Gasteiger partial charge in [-0.05, 0) is 30.5 Å². The highest BCUT2D eigenvalue weighted by Gasteiger charge is 2.26. The third kappa shape index (κ3) is 2.44. The maximum atomic E-state index is 6.32. The van der Waals surface area contributed by atoms with Gasteiger partial charge in [0.25, 0.3) is 0 Å². The van der Waals surface area contributed by atoms with Crippen molar-refractivity contribution in [2.75, 3.05) is 0 Å². The molecule has 1 heterocycles. The van der Waals surface area contributed by atoms with E-state index in [0.717, 1.165) is 24.2 Å². The van der Waals surface area contributed by atoms with E-state index in [2.05, 4.69) is 50.2 Å². The van der Waals surface area contributed by atoms with Crippen molar-refractivity contribution in [3.8, 4) is 5.75 Å². The fourth-order valence-electron chi connectivity index (χ4n) is 2.80. The number of rotatable bonds is 2. The molecule has 0 saturated heterocycles. The van der Waals surface area contributed by atoms with Crippen molar-refractivity contribution in [1.29, 1.82) is 0 Å². The van der Waals surface area contributed by atoms with Gasteiger partial charge in [-0.2, -0.15) is 0 Å². The predicted molar refractivity (Wildman–Crippen MR) is 81.9 cm³/mol. The summed E-state index contributed by atoms with van der Waals surface area (Å²) in [5, 5.41) is 0. The molecule has 0 radical (unpaired) electrons. The molecule has 20 heavy (non-hydrogen) atoms. The molecule has 2 aromatic carbocycles. The number of hydrogen-bond donors (Lipinski definition) is 1. The maximum absolute atomic E-state index is 6.32. The molecule has 104 valence electrons. The Balaban J connectivity index is 1.88. The van der Waals surface area contributed by atoms with E-state index in [4.69, 9.17) is 10.5 Å². The van der Waals surface area contributed by atoms with Gasteiger partial charge in [0.15, 0.2) is 0 Å². The Morgan fingerprint density at radius 2 is 1.90 bits per heavy atom. The van der Waals surface area contributed by atoms with Crippen LogP contribution in [-0.4, -0.2) is 0 Å². The zero-order valence-corrected chi connectivity index (χ0v) is 12.1. The van der Waals surface area contributed by atoms with Gasteiger partial charge in [-0.15, -0.1) is 0 Å². The van der Waals surface area contributed by atoms with E-state index in [1.165, 1.54) is 16.7 Å². The zero-order valence-electron chi connectivity index (χ0n) is 12.1. The van der Waals surface area contributed by atoms with E-state index in [-0.39, 0.29) is 12.1 Å². The van der Waals surface area contributed by atoms with Crippen LogP contribution in [0.5, 0.6) is 5.75 Å². The van der Waals surface area contributed by atoms with Gasteiger partial charge < -0.3 is 10.5 Å². The SMILES string of the molecule is CCc1ccc(C2C[C@@H](N)c3cc(C)ccc3O2)cc1. The molecule has 2 nitrogen and oxygen atoms in total. The minimum absolute atomic E-state index is 0.0505. The molecule has 1 aliphatic heterocycles. The first-order valence-corrected chi connectivity index (χ1v) is 7.29. The van der Waals surface area contributed by atoms with Gasteiger partial charge in [0, 0.05) is 18.0 Å². The van der Waals surface area contributed by atoms with Crippen LogP contribution in [0.2, 0.25) is 0 Å². The Morgan fingerprint density at radius 3 is 2.60 bits per heavy atom. The standard InChI is InChI=1S/C18H21NO/c1-3-13-5-7-14(8-6-13)18-11-16(19)15-10-12(2)4-9-17(15)20-18/h4-10,16,18H,3,11,19H2,1-2H3/t16-,18?/m1/s1. The Bertz CT molecular complexity index is 603. The fourth-order valence-corrected chi connectivity index (χ4v) is 2.80. The molecule has 0 aromatic heterocycles. The summed E-state index contributed by atoms with van der Waals surface area (Å²) in [5.74, 6) is 0.930. The first-order chi connectivity index (χ1) is 9.67. The largest absolute Gasteiger partial charge is 0.485 e. The van der Waals surface area contributed by atoms with Crippen LogP contribution >= 0.6 is 0 Å². The minimum Gasteiger partial charge on any atom is -0.485 e. The minimum atomic E-state index is 0.0505. The average Bonchev–Trinajstić information content (AvgIpc) is 2.48. The molecule has 2 aromatic rings. The summed E-state index contributed by atoms with van der Waals surface area (Å²) in [4.78, 5) is 0. The van der Waals surface area contributed by atoms with Crippen molar-refractivity contribution in [2.24, 2.45) is 5.73 Å².